The van der Waals surface area contributed by atoms with Gasteiger partial charge < -0.3 is 10.8 Å². The van der Waals surface area contributed by atoms with Crippen molar-refractivity contribution in [3.8, 4) is 0 Å². The maximum Gasteiger partial charge on any atom is 0.303 e. The summed E-state index contributed by atoms with van der Waals surface area (Å²) in [7, 11) is 0. The van der Waals surface area contributed by atoms with Crippen LogP contribution in [0, 0.1) is 0 Å². The first-order chi connectivity index (χ1) is 6.59. The predicted molar refractivity (Wildman–Crippen MR) is 55.3 cm³/mol. The summed E-state index contributed by atoms with van der Waals surface area (Å²) in [4.78, 5) is 10.3. The van der Waals surface area contributed by atoms with E-state index in [1.165, 1.54) is 0 Å². The Morgan fingerprint density at radius 3 is 2.50 bits per heavy atom. The van der Waals surface area contributed by atoms with Crippen molar-refractivity contribution in [2.24, 2.45) is 5.73 Å². The van der Waals surface area contributed by atoms with Gasteiger partial charge in [-0.05, 0) is 24.1 Å². The maximum absolute atomic E-state index is 10.3. The molecule has 0 amide bonds. The summed E-state index contributed by atoms with van der Waals surface area (Å²) in [6.45, 7) is 0. The van der Waals surface area contributed by atoms with Crippen LogP contribution in [-0.2, 0) is 4.79 Å². The van der Waals surface area contributed by atoms with Crippen LogP contribution in [-0.4, -0.2) is 11.1 Å². The third-order valence-electron chi connectivity index (χ3n) is 1.97. The van der Waals surface area contributed by atoms with E-state index in [1.807, 2.05) is 12.1 Å². The Bertz CT molecular complexity index is 310. The third kappa shape index (κ3) is 3.36. The third-order valence-corrected chi connectivity index (χ3v) is 2.22. The van der Waals surface area contributed by atoms with Crippen molar-refractivity contribution in [1.29, 1.82) is 0 Å². The van der Waals surface area contributed by atoms with Gasteiger partial charge in [0.2, 0.25) is 0 Å². The minimum Gasteiger partial charge on any atom is -0.481 e. The lowest BCUT2D eigenvalue weighted by atomic mass is 10.0. The largest absolute Gasteiger partial charge is 0.481 e. The molecule has 3 nitrogen and oxygen atoms in total. The fraction of sp³-hybridized carbons (Fsp3) is 0.300. The molecule has 76 valence electrons. The van der Waals surface area contributed by atoms with E-state index in [9.17, 15) is 4.79 Å². The van der Waals surface area contributed by atoms with Gasteiger partial charge in [-0.15, -0.1) is 0 Å². The monoisotopic (exact) mass is 213 g/mol. The number of rotatable bonds is 4. The molecule has 0 aliphatic carbocycles. The Balaban J connectivity index is 2.56. The molecule has 1 rings (SSSR count). The Kier molecular flexibility index (Phi) is 3.92. The maximum atomic E-state index is 10.3. The van der Waals surface area contributed by atoms with E-state index in [4.69, 9.17) is 22.4 Å². The van der Waals surface area contributed by atoms with Gasteiger partial charge in [-0.3, -0.25) is 4.79 Å². The van der Waals surface area contributed by atoms with Crippen LogP contribution in [0.5, 0.6) is 0 Å². The number of halogens is 1. The van der Waals surface area contributed by atoms with Crippen molar-refractivity contribution in [2.75, 3.05) is 0 Å². The zero-order valence-corrected chi connectivity index (χ0v) is 8.37. The summed E-state index contributed by atoms with van der Waals surface area (Å²) in [5.74, 6) is -0.825. The van der Waals surface area contributed by atoms with E-state index in [-0.39, 0.29) is 12.5 Å². The Labute approximate surface area is 87.5 Å². The molecule has 4 heteroatoms. The molecule has 0 aliphatic heterocycles. The van der Waals surface area contributed by atoms with Crippen LogP contribution in [0.25, 0.3) is 0 Å². The van der Waals surface area contributed by atoms with Gasteiger partial charge in [0.25, 0.3) is 0 Å². The number of hydrogen-bond acceptors (Lipinski definition) is 2. The quantitative estimate of drug-likeness (QED) is 0.806. The molecular formula is C10H12ClNO2. The van der Waals surface area contributed by atoms with Crippen LogP contribution < -0.4 is 5.73 Å². The summed E-state index contributed by atoms with van der Waals surface area (Å²) in [6.07, 6.45) is 0.529. The minimum absolute atomic E-state index is 0.0871. The van der Waals surface area contributed by atoms with Crippen LogP contribution in [0.4, 0.5) is 0 Å². The van der Waals surface area contributed by atoms with E-state index < -0.39 is 5.97 Å². The summed E-state index contributed by atoms with van der Waals surface area (Å²) in [6, 6.07) is 6.89. The van der Waals surface area contributed by atoms with Crippen LogP contribution in [0.1, 0.15) is 24.4 Å². The number of carbonyl (C=O) groups is 1. The van der Waals surface area contributed by atoms with Crippen molar-refractivity contribution < 1.29 is 9.90 Å². The standard InChI is InChI=1S/C10H12ClNO2/c11-8-3-1-7(2-4-8)9(12)5-6-10(13)14/h1-4,9H,5-6,12H2,(H,13,14)/t9-/m0/s1. The fourth-order valence-electron chi connectivity index (χ4n) is 1.16. The van der Waals surface area contributed by atoms with Gasteiger partial charge in [0.05, 0.1) is 0 Å². The molecule has 0 fully saturated rings. The highest BCUT2D eigenvalue weighted by Crippen LogP contribution is 2.18. The second-order valence-corrected chi connectivity index (χ2v) is 3.53. The molecule has 0 heterocycles. The summed E-state index contributed by atoms with van der Waals surface area (Å²) in [5.41, 5.74) is 6.70. The number of benzene rings is 1. The molecule has 0 aliphatic rings. The van der Waals surface area contributed by atoms with E-state index >= 15 is 0 Å². The minimum atomic E-state index is -0.825. The molecule has 1 aromatic carbocycles. The van der Waals surface area contributed by atoms with Gasteiger partial charge in [0.1, 0.15) is 0 Å². The lowest BCUT2D eigenvalue weighted by molar-refractivity contribution is -0.137. The van der Waals surface area contributed by atoms with Gasteiger partial charge in [-0.1, -0.05) is 23.7 Å². The molecular weight excluding hydrogens is 202 g/mol. The van der Waals surface area contributed by atoms with Crippen molar-refractivity contribution in [3.63, 3.8) is 0 Å². The molecule has 3 N–H and O–H groups in total. The first-order valence-corrected chi connectivity index (χ1v) is 4.70. The van der Waals surface area contributed by atoms with Crippen LogP contribution in [0.15, 0.2) is 24.3 Å². The number of carboxylic acids is 1. The smallest absolute Gasteiger partial charge is 0.303 e. The van der Waals surface area contributed by atoms with Crippen LogP contribution in [0.2, 0.25) is 5.02 Å². The lowest BCUT2D eigenvalue weighted by Gasteiger charge is -2.10. The predicted octanol–water partition coefficient (Wildman–Crippen LogP) is 2.20. The molecule has 0 bridgehead atoms. The van der Waals surface area contributed by atoms with Gasteiger partial charge in [0, 0.05) is 17.5 Å². The first-order valence-electron chi connectivity index (χ1n) is 4.32. The molecule has 0 saturated carbocycles. The number of aliphatic carboxylic acids is 1. The Morgan fingerprint density at radius 2 is 2.00 bits per heavy atom. The number of hydrogen-bond donors (Lipinski definition) is 2. The summed E-state index contributed by atoms with van der Waals surface area (Å²) in [5, 5.41) is 9.13. The van der Waals surface area contributed by atoms with Crippen LogP contribution in [0.3, 0.4) is 0 Å². The molecule has 1 aromatic rings. The van der Waals surface area contributed by atoms with E-state index in [0.29, 0.717) is 11.4 Å². The zero-order valence-electron chi connectivity index (χ0n) is 7.61. The first kappa shape index (κ1) is 11.0. The molecule has 0 aromatic heterocycles. The Morgan fingerprint density at radius 1 is 1.43 bits per heavy atom. The molecule has 0 saturated heterocycles. The topological polar surface area (TPSA) is 63.3 Å². The average molecular weight is 214 g/mol. The van der Waals surface area contributed by atoms with Crippen molar-refractivity contribution >= 4 is 17.6 Å². The molecule has 14 heavy (non-hydrogen) atoms. The van der Waals surface area contributed by atoms with Crippen molar-refractivity contribution in [3.05, 3.63) is 34.9 Å². The van der Waals surface area contributed by atoms with E-state index in [1.54, 1.807) is 12.1 Å². The average Bonchev–Trinajstić information content (AvgIpc) is 2.15. The van der Waals surface area contributed by atoms with Crippen LogP contribution >= 0.6 is 11.6 Å². The van der Waals surface area contributed by atoms with Crippen molar-refractivity contribution in [1.82, 2.24) is 0 Å². The highest BCUT2D eigenvalue weighted by molar-refractivity contribution is 6.30. The molecule has 1 atom stereocenters. The molecule has 0 spiro atoms. The highest BCUT2D eigenvalue weighted by atomic mass is 35.5. The summed E-state index contributed by atoms with van der Waals surface area (Å²) < 4.78 is 0. The summed E-state index contributed by atoms with van der Waals surface area (Å²) >= 11 is 5.71. The Hall–Kier alpha value is -1.06. The van der Waals surface area contributed by atoms with Gasteiger partial charge >= 0.3 is 5.97 Å². The van der Waals surface area contributed by atoms with Gasteiger partial charge in [-0.2, -0.15) is 0 Å². The van der Waals surface area contributed by atoms with Gasteiger partial charge in [-0.25, -0.2) is 0 Å². The highest BCUT2D eigenvalue weighted by Gasteiger charge is 2.07. The van der Waals surface area contributed by atoms with Gasteiger partial charge in [0.15, 0.2) is 0 Å². The SMILES string of the molecule is N[C@@H](CCC(=O)O)c1ccc(Cl)cc1. The normalized spacial score (nSPS) is 12.4. The second-order valence-electron chi connectivity index (χ2n) is 3.09. The fourth-order valence-corrected chi connectivity index (χ4v) is 1.28. The molecule has 0 radical (unpaired) electrons. The zero-order chi connectivity index (χ0) is 10.6. The number of nitrogens with two attached hydrogens (primary N) is 1. The van der Waals surface area contributed by atoms with E-state index in [2.05, 4.69) is 0 Å². The van der Waals surface area contributed by atoms with E-state index in [0.717, 1.165) is 5.56 Å². The molecule has 0 unspecified atom stereocenters. The lowest BCUT2D eigenvalue weighted by Crippen LogP contribution is -2.11. The second kappa shape index (κ2) is 4.98. The number of carboxylic acid groups (broad SMARTS) is 1. The van der Waals surface area contributed by atoms with Crippen molar-refractivity contribution in [2.45, 2.75) is 18.9 Å².